The molecule has 1 aromatic carbocycles. The number of fused-ring (bicyclic) bond motifs is 1. The Morgan fingerprint density at radius 1 is 1.53 bits per heavy atom. The van der Waals surface area contributed by atoms with E-state index >= 15 is 0 Å². The van der Waals surface area contributed by atoms with Gasteiger partial charge in [0.1, 0.15) is 11.6 Å². The highest BCUT2D eigenvalue weighted by atomic mass is 79.9. The van der Waals surface area contributed by atoms with Gasteiger partial charge in [-0.1, -0.05) is 0 Å². The number of H-pyrrole nitrogens is 1. The van der Waals surface area contributed by atoms with Crippen LogP contribution in [0.3, 0.4) is 0 Å². The highest BCUT2D eigenvalue weighted by molar-refractivity contribution is 9.10. The molecule has 0 saturated carbocycles. The van der Waals surface area contributed by atoms with Gasteiger partial charge in [-0.3, -0.25) is 0 Å². The SMILES string of the molecule is CNCCc1nc2cc(Br)c(F)cc2[nH]1. The molecule has 0 aliphatic carbocycles. The minimum absolute atomic E-state index is 0.272. The Kier molecular flexibility index (Phi) is 3.02. The Morgan fingerprint density at radius 3 is 3.07 bits per heavy atom. The molecule has 5 heteroatoms. The molecule has 3 nitrogen and oxygen atoms in total. The molecule has 0 saturated heterocycles. The van der Waals surface area contributed by atoms with Gasteiger partial charge in [0.25, 0.3) is 0 Å². The summed E-state index contributed by atoms with van der Waals surface area (Å²) >= 11 is 3.14. The maximum atomic E-state index is 13.2. The summed E-state index contributed by atoms with van der Waals surface area (Å²) in [5.74, 6) is 0.600. The van der Waals surface area contributed by atoms with Gasteiger partial charge >= 0.3 is 0 Å². The predicted molar refractivity (Wildman–Crippen MR) is 61.4 cm³/mol. The molecule has 2 rings (SSSR count). The van der Waals surface area contributed by atoms with E-state index < -0.39 is 0 Å². The Labute approximate surface area is 95.2 Å². The van der Waals surface area contributed by atoms with Gasteiger partial charge in [-0.2, -0.15) is 0 Å². The first-order valence-electron chi connectivity index (χ1n) is 4.69. The molecule has 0 aliphatic heterocycles. The molecule has 0 spiro atoms. The van der Waals surface area contributed by atoms with E-state index in [9.17, 15) is 4.39 Å². The molecule has 0 unspecified atom stereocenters. The minimum atomic E-state index is -0.272. The molecule has 80 valence electrons. The standard InChI is InChI=1S/C10H11BrFN3/c1-13-3-2-10-14-8-4-6(11)7(12)5-9(8)15-10/h4-5,13H,2-3H2,1H3,(H,14,15). The van der Waals surface area contributed by atoms with Crippen molar-refractivity contribution in [2.45, 2.75) is 6.42 Å². The normalized spacial score (nSPS) is 11.1. The van der Waals surface area contributed by atoms with Crippen molar-refractivity contribution in [1.82, 2.24) is 15.3 Å². The van der Waals surface area contributed by atoms with Crippen molar-refractivity contribution in [2.24, 2.45) is 0 Å². The number of rotatable bonds is 3. The Morgan fingerprint density at radius 2 is 2.33 bits per heavy atom. The van der Waals surface area contributed by atoms with Crippen LogP contribution in [0.15, 0.2) is 16.6 Å². The van der Waals surface area contributed by atoms with Gasteiger partial charge in [0, 0.05) is 19.0 Å². The molecular formula is C10H11BrFN3. The number of halogens is 2. The summed E-state index contributed by atoms with van der Waals surface area (Å²) in [6.45, 7) is 0.851. The third-order valence-electron chi connectivity index (χ3n) is 2.18. The lowest BCUT2D eigenvalue weighted by molar-refractivity contribution is 0.623. The average Bonchev–Trinajstić information content (AvgIpc) is 2.58. The van der Waals surface area contributed by atoms with Crippen LogP contribution in [-0.4, -0.2) is 23.6 Å². The lowest BCUT2D eigenvalue weighted by atomic mass is 10.3. The lowest BCUT2D eigenvalue weighted by Crippen LogP contribution is -2.10. The van der Waals surface area contributed by atoms with E-state index in [2.05, 4.69) is 31.2 Å². The van der Waals surface area contributed by atoms with E-state index in [1.807, 2.05) is 7.05 Å². The number of nitrogens with zero attached hydrogens (tertiary/aromatic N) is 1. The number of aromatic nitrogens is 2. The molecule has 0 fully saturated rings. The molecule has 1 aromatic heterocycles. The second kappa shape index (κ2) is 4.28. The molecule has 1 heterocycles. The molecule has 0 atom stereocenters. The first kappa shape index (κ1) is 10.6. The first-order valence-corrected chi connectivity index (χ1v) is 5.48. The number of hydrogen-bond donors (Lipinski definition) is 2. The molecule has 0 amide bonds. The Bertz CT molecular complexity index is 442. The van der Waals surface area contributed by atoms with Gasteiger partial charge in [-0.05, 0) is 29.0 Å². The molecular weight excluding hydrogens is 261 g/mol. The molecule has 0 radical (unpaired) electrons. The molecule has 2 aromatic rings. The summed E-state index contributed by atoms with van der Waals surface area (Å²) in [5.41, 5.74) is 1.52. The van der Waals surface area contributed by atoms with Crippen molar-refractivity contribution < 1.29 is 4.39 Å². The summed E-state index contributed by atoms with van der Waals surface area (Å²) in [4.78, 5) is 7.45. The topological polar surface area (TPSA) is 40.7 Å². The van der Waals surface area contributed by atoms with Crippen LogP contribution in [0.5, 0.6) is 0 Å². The van der Waals surface area contributed by atoms with E-state index in [1.54, 1.807) is 6.07 Å². The van der Waals surface area contributed by atoms with Crippen molar-refractivity contribution >= 4 is 27.0 Å². The highest BCUT2D eigenvalue weighted by Gasteiger charge is 2.06. The van der Waals surface area contributed by atoms with Crippen molar-refractivity contribution in [3.8, 4) is 0 Å². The second-order valence-corrected chi connectivity index (χ2v) is 4.17. The molecule has 15 heavy (non-hydrogen) atoms. The van der Waals surface area contributed by atoms with Gasteiger partial charge < -0.3 is 10.3 Å². The van der Waals surface area contributed by atoms with E-state index in [0.29, 0.717) is 4.47 Å². The number of nitrogens with one attached hydrogen (secondary N) is 2. The quantitative estimate of drug-likeness (QED) is 0.899. The Hall–Kier alpha value is -0.940. The smallest absolute Gasteiger partial charge is 0.139 e. The van der Waals surface area contributed by atoms with E-state index in [0.717, 1.165) is 29.8 Å². The maximum absolute atomic E-state index is 13.2. The fraction of sp³-hybridized carbons (Fsp3) is 0.300. The van der Waals surface area contributed by atoms with Gasteiger partial charge in [-0.15, -0.1) is 0 Å². The fourth-order valence-electron chi connectivity index (χ4n) is 1.42. The number of aromatic amines is 1. The zero-order valence-corrected chi connectivity index (χ0v) is 9.86. The summed E-state index contributed by atoms with van der Waals surface area (Å²) < 4.78 is 13.6. The summed E-state index contributed by atoms with van der Waals surface area (Å²) in [6, 6.07) is 3.14. The second-order valence-electron chi connectivity index (χ2n) is 3.32. The van der Waals surface area contributed by atoms with Gasteiger partial charge in [0.2, 0.25) is 0 Å². The monoisotopic (exact) mass is 271 g/mol. The third-order valence-corrected chi connectivity index (χ3v) is 2.79. The molecule has 0 aliphatic rings. The highest BCUT2D eigenvalue weighted by Crippen LogP contribution is 2.21. The van der Waals surface area contributed by atoms with E-state index in [4.69, 9.17) is 0 Å². The first-order chi connectivity index (χ1) is 7.20. The van der Waals surface area contributed by atoms with Crippen molar-refractivity contribution in [1.29, 1.82) is 0 Å². The van der Waals surface area contributed by atoms with Crippen LogP contribution in [0.1, 0.15) is 5.82 Å². The molecule has 0 bridgehead atoms. The van der Waals surface area contributed by atoms with Gasteiger partial charge in [-0.25, -0.2) is 9.37 Å². The average molecular weight is 272 g/mol. The fourth-order valence-corrected chi connectivity index (χ4v) is 1.75. The van der Waals surface area contributed by atoms with Gasteiger partial charge in [0.15, 0.2) is 0 Å². The van der Waals surface area contributed by atoms with Crippen LogP contribution < -0.4 is 5.32 Å². The summed E-state index contributed by atoms with van der Waals surface area (Å²) in [7, 11) is 1.89. The van der Waals surface area contributed by atoms with E-state index in [1.165, 1.54) is 6.07 Å². The number of benzene rings is 1. The van der Waals surface area contributed by atoms with Crippen LogP contribution in [0, 0.1) is 5.82 Å². The number of hydrogen-bond acceptors (Lipinski definition) is 2. The third kappa shape index (κ3) is 2.18. The number of likely N-dealkylation sites (N-methyl/N-ethyl adjacent to an activating group) is 1. The van der Waals surface area contributed by atoms with Crippen LogP contribution in [0.25, 0.3) is 11.0 Å². The van der Waals surface area contributed by atoms with Crippen molar-refractivity contribution in [3.63, 3.8) is 0 Å². The van der Waals surface area contributed by atoms with Crippen LogP contribution >= 0.6 is 15.9 Å². The van der Waals surface area contributed by atoms with Crippen LogP contribution in [0.2, 0.25) is 0 Å². The zero-order chi connectivity index (χ0) is 10.8. The zero-order valence-electron chi connectivity index (χ0n) is 8.27. The van der Waals surface area contributed by atoms with Crippen molar-refractivity contribution in [2.75, 3.05) is 13.6 Å². The Balaban J connectivity index is 2.38. The van der Waals surface area contributed by atoms with Crippen molar-refractivity contribution in [3.05, 3.63) is 28.2 Å². The summed E-state index contributed by atoms with van der Waals surface area (Å²) in [6.07, 6.45) is 0.810. The molecule has 2 N–H and O–H groups in total. The van der Waals surface area contributed by atoms with Crippen LogP contribution in [-0.2, 0) is 6.42 Å². The minimum Gasteiger partial charge on any atom is -0.342 e. The predicted octanol–water partition coefficient (Wildman–Crippen LogP) is 2.23. The van der Waals surface area contributed by atoms with Gasteiger partial charge in [0.05, 0.1) is 15.5 Å². The maximum Gasteiger partial charge on any atom is 0.139 e. The van der Waals surface area contributed by atoms with Crippen LogP contribution in [0.4, 0.5) is 4.39 Å². The number of imidazole rings is 1. The summed E-state index contributed by atoms with van der Waals surface area (Å²) in [5, 5.41) is 3.04. The van der Waals surface area contributed by atoms with E-state index in [-0.39, 0.29) is 5.82 Å². The largest absolute Gasteiger partial charge is 0.342 e. The lowest BCUT2D eigenvalue weighted by Gasteiger charge is -1.93.